The van der Waals surface area contributed by atoms with Gasteiger partial charge in [0.1, 0.15) is 0 Å². The average Bonchev–Trinajstić information content (AvgIpc) is 1.83. The van der Waals surface area contributed by atoms with E-state index in [1.165, 1.54) is 6.42 Å². The standard InChI is InChI=1S/C10H19NO/c1-9(2)5-4-6-10(3,7-9)8(11)12/h4-7H2,1-3H3,(H2,11,12). The van der Waals surface area contributed by atoms with Crippen LogP contribution in [-0.4, -0.2) is 5.91 Å². The van der Waals surface area contributed by atoms with E-state index in [4.69, 9.17) is 5.73 Å². The van der Waals surface area contributed by atoms with Crippen LogP contribution in [0.1, 0.15) is 46.5 Å². The van der Waals surface area contributed by atoms with Crippen molar-refractivity contribution in [3.63, 3.8) is 0 Å². The minimum atomic E-state index is -0.248. The summed E-state index contributed by atoms with van der Waals surface area (Å²) < 4.78 is 0. The molecular formula is C10H19NO. The van der Waals surface area contributed by atoms with Crippen molar-refractivity contribution in [2.24, 2.45) is 16.6 Å². The van der Waals surface area contributed by atoms with Gasteiger partial charge in [0.05, 0.1) is 0 Å². The van der Waals surface area contributed by atoms with Gasteiger partial charge in [0, 0.05) is 5.41 Å². The molecule has 0 saturated heterocycles. The van der Waals surface area contributed by atoms with Crippen molar-refractivity contribution in [3.05, 3.63) is 0 Å². The average molecular weight is 169 g/mol. The van der Waals surface area contributed by atoms with Crippen LogP contribution in [0.3, 0.4) is 0 Å². The molecule has 1 rings (SSSR count). The maximum Gasteiger partial charge on any atom is 0.223 e. The highest BCUT2D eigenvalue weighted by atomic mass is 16.1. The number of primary amides is 1. The summed E-state index contributed by atoms with van der Waals surface area (Å²) in [7, 11) is 0. The third-order valence-corrected chi connectivity index (χ3v) is 3.05. The smallest absolute Gasteiger partial charge is 0.223 e. The zero-order chi connectivity index (χ0) is 9.41. The SMILES string of the molecule is CC1(C)CCCC(C)(C(N)=O)C1. The molecule has 0 aromatic heterocycles. The summed E-state index contributed by atoms with van der Waals surface area (Å²) in [6.07, 6.45) is 4.25. The molecule has 0 aromatic rings. The summed E-state index contributed by atoms with van der Waals surface area (Å²) in [6, 6.07) is 0. The van der Waals surface area contributed by atoms with Gasteiger partial charge in [-0.3, -0.25) is 4.79 Å². The van der Waals surface area contributed by atoms with Crippen molar-refractivity contribution in [2.75, 3.05) is 0 Å². The first kappa shape index (κ1) is 9.56. The third kappa shape index (κ3) is 1.79. The lowest BCUT2D eigenvalue weighted by atomic mass is 9.64. The van der Waals surface area contributed by atoms with Crippen LogP contribution in [0.15, 0.2) is 0 Å². The number of hydrogen-bond donors (Lipinski definition) is 1. The zero-order valence-electron chi connectivity index (χ0n) is 8.31. The summed E-state index contributed by atoms with van der Waals surface area (Å²) in [6.45, 7) is 6.43. The van der Waals surface area contributed by atoms with Gasteiger partial charge in [-0.05, 0) is 24.7 Å². The fraction of sp³-hybridized carbons (Fsp3) is 0.900. The van der Waals surface area contributed by atoms with Crippen molar-refractivity contribution >= 4 is 5.91 Å². The number of hydrogen-bond acceptors (Lipinski definition) is 1. The molecule has 1 aliphatic rings. The van der Waals surface area contributed by atoms with Crippen molar-refractivity contribution in [1.29, 1.82) is 0 Å². The van der Waals surface area contributed by atoms with Gasteiger partial charge in [0.25, 0.3) is 0 Å². The molecule has 1 saturated carbocycles. The first-order chi connectivity index (χ1) is 5.36. The van der Waals surface area contributed by atoms with Crippen molar-refractivity contribution in [1.82, 2.24) is 0 Å². The largest absolute Gasteiger partial charge is 0.369 e. The molecule has 2 N–H and O–H groups in total. The Hall–Kier alpha value is -0.530. The molecule has 2 nitrogen and oxygen atoms in total. The Kier molecular flexibility index (Phi) is 2.19. The van der Waals surface area contributed by atoms with Crippen molar-refractivity contribution in [3.8, 4) is 0 Å². The van der Waals surface area contributed by atoms with Gasteiger partial charge < -0.3 is 5.73 Å². The van der Waals surface area contributed by atoms with E-state index >= 15 is 0 Å². The number of rotatable bonds is 1. The Labute approximate surface area is 74.5 Å². The fourth-order valence-electron chi connectivity index (χ4n) is 2.40. The maximum absolute atomic E-state index is 11.2. The number of amides is 1. The van der Waals surface area contributed by atoms with E-state index in [2.05, 4.69) is 13.8 Å². The lowest BCUT2D eigenvalue weighted by Crippen LogP contribution is -2.41. The predicted molar refractivity (Wildman–Crippen MR) is 49.6 cm³/mol. The minimum absolute atomic E-state index is 0.129. The van der Waals surface area contributed by atoms with Crippen molar-refractivity contribution < 1.29 is 4.79 Å². The summed E-state index contributed by atoms with van der Waals surface area (Å²) in [5, 5.41) is 0. The normalized spacial score (nSPS) is 34.6. The minimum Gasteiger partial charge on any atom is -0.369 e. The lowest BCUT2D eigenvalue weighted by Gasteiger charge is -2.40. The van der Waals surface area contributed by atoms with Gasteiger partial charge in [-0.2, -0.15) is 0 Å². The van der Waals surface area contributed by atoms with E-state index in [1.54, 1.807) is 0 Å². The van der Waals surface area contributed by atoms with E-state index < -0.39 is 0 Å². The van der Waals surface area contributed by atoms with Gasteiger partial charge in [-0.1, -0.05) is 27.2 Å². The molecule has 1 unspecified atom stereocenters. The van der Waals surface area contributed by atoms with Gasteiger partial charge in [0.15, 0.2) is 0 Å². The van der Waals surface area contributed by atoms with E-state index in [-0.39, 0.29) is 11.3 Å². The second-order valence-corrected chi connectivity index (χ2v) is 5.12. The predicted octanol–water partition coefficient (Wildman–Crippen LogP) is 2.08. The Morgan fingerprint density at radius 3 is 2.17 bits per heavy atom. The molecule has 0 spiro atoms. The molecule has 1 atom stereocenters. The van der Waals surface area contributed by atoms with Crippen LogP contribution in [0, 0.1) is 10.8 Å². The highest BCUT2D eigenvalue weighted by Crippen LogP contribution is 2.45. The first-order valence-electron chi connectivity index (χ1n) is 4.66. The molecule has 0 aliphatic heterocycles. The second-order valence-electron chi connectivity index (χ2n) is 5.12. The highest BCUT2D eigenvalue weighted by Gasteiger charge is 2.40. The number of carbonyl (C=O) groups is 1. The Bertz CT molecular complexity index is 198. The molecule has 70 valence electrons. The summed E-state index contributed by atoms with van der Waals surface area (Å²) in [4.78, 5) is 11.2. The monoisotopic (exact) mass is 169 g/mol. The Balaban J connectivity index is 2.74. The van der Waals surface area contributed by atoms with Crippen LogP contribution in [-0.2, 0) is 4.79 Å². The van der Waals surface area contributed by atoms with Crippen LogP contribution in [0.4, 0.5) is 0 Å². The van der Waals surface area contributed by atoms with E-state index in [0.717, 1.165) is 19.3 Å². The van der Waals surface area contributed by atoms with Gasteiger partial charge in [-0.25, -0.2) is 0 Å². The van der Waals surface area contributed by atoms with E-state index in [9.17, 15) is 4.79 Å². The molecule has 0 radical (unpaired) electrons. The topological polar surface area (TPSA) is 43.1 Å². The molecule has 2 heteroatoms. The summed E-state index contributed by atoms with van der Waals surface area (Å²) in [5.41, 5.74) is 5.43. The van der Waals surface area contributed by atoms with E-state index in [1.807, 2.05) is 6.92 Å². The summed E-state index contributed by atoms with van der Waals surface area (Å²) >= 11 is 0. The van der Waals surface area contributed by atoms with Crippen LogP contribution >= 0.6 is 0 Å². The van der Waals surface area contributed by atoms with Gasteiger partial charge >= 0.3 is 0 Å². The maximum atomic E-state index is 11.2. The third-order valence-electron chi connectivity index (χ3n) is 3.05. The van der Waals surface area contributed by atoms with Crippen LogP contribution in [0.25, 0.3) is 0 Å². The number of carbonyl (C=O) groups excluding carboxylic acids is 1. The quantitative estimate of drug-likeness (QED) is 0.641. The Morgan fingerprint density at radius 2 is 1.83 bits per heavy atom. The molecular weight excluding hydrogens is 150 g/mol. The van der Waals surface area contributed by atoms with Crippen LogP contribution < -0.4 is 5.73 Å². The van der Waals surface area contributed by atoms with Crippen LogP contribution in [0.2, 0.25) is 0 Å². The van der Waals surface area contributed by atoms with Gasteiger partial charge in [0.2, 0.25) is 5.91 Å². The Morgan fingerprint density at radius 1 is 1.25 bits per heavy atom. The highest BCUT2D eigenvalue weighted by molar-refractivity contribution is 5.80. The summed E-state index contributed by atoms with van der Waals surface area (Å²) in [5.74, 6) is -0.129. The lowest BCUT2D eigenvalue weighted by molar-refractivity contribution is -0.130. The zero-order valence-corrected chi connectivity index (χ0v) is 8.31. The molecule has 12 heavy (non-hydrogen) atoms. The molecule has 0 heterocycles. The van der Waals surface area contributed by atoms with Crippen molar-refractivity contribution in [2.45, 2.75) is 46.5 Å². The molecule has 1 amide bonds. The fourth-order valence-corrected chi connectivity index (χ4v) is 2.40. The first-order valence-corrected chi connectivity index (χ1v) is 4.66. The molecule has 1 fully saturated rings. The number of nitrogens with two attached hydrogens (primary N) is 1. The molecule has 0 aromatic carbocycles. The molecule has 0 bridgehead atoms. The van der Waals surface area contributed by atoms with Gasteiger partial charge in [-0.15, -0.1) is 0 Å². The van der Waals surface area contributed by atoms with E-state index in [0.29, 0.717) is 5.41 Å². The second kappa shape index (κ2) is 2.75. The molecule has 1 aliphatic carbocycles. The van der Waals surface area contributed by atoms with Crippen LogP contribution in [0.5, 0.6) is 0 Å².